The second kappa shape index (κ2) is 32.0. The highest BCUT2D eigenvalue weighted by Gasteiger charge is 2.60. The zero-order valence-corrected chi connectivity index (χ0v) is 58.5. The summed E-state index contributed by atoms with van der Waals surface area (Å²) in [5, 5.41) is 47.4. The number of cyclic esters (lactones) is 2. The van der Waals surface area contributed by atoms with Gasteiger partial charge in [0.05, 0.1) is 78.5 Å². The summed E-state index contributed by atoms with van der Waals surface area (Å²) in [6, 6.07) is 8.32. The highest BCUT2D eigenvalue weighted by molar-refractivity contribution is 7.89. The number of esters is 4. The minimum Gasteiger partial charge on any atom is -0.507 e. The van der Waals surface area contributed by atoms with Gasteiger partial charge >= 0.3 is 41.8 Å². The van der Waals surface area contributed by atoms with Crippen LogP contribution in [0.1, 0.15) is 183 Å². The number of hydrogen-bond acceptors (Lipinski definition) is 18. The van der Waals surface area contributed by atoms with E-state index in [4.69, 9.17) is 18.9 Å². The molecule has 6 N–H and O–H groups in total. The van der Waals surface area contributed by atoms with Gasteiger partial charge in [-0.05, 0) is 85.5 Å². The van der Waals surface area contributed by atoms with Gasteiger partial charge in [-0.25, -0.2) is 13.1 Å². The van der Waals surface area contributed by atoms with Crippen molar-refractivity contribution >= 4 is 75.3 Å². The Kier molecular flexibility index (Phi) is 26.9. The van der Waals surface area contributed by atoms with Crippen molar-refractivity contribution in [2.24, 2.45) is 86.3 Å². The van der Waals surface area contributed by atoms with Crippen molar-refractivity contribution in [2.45, 2.75) is 173 Å². The number of aryl methyl sites for hydroxylation is 1. The number of methoxy groups -OCH3 is 1. The van der Waals surface area contributed by atoms with Crippen molar-refractivity contribution in [1.29, 1.82) is 0 Å². The Hall–Kier alpha value is -7.28. The fraction of sp³-hybridized carbons (Fsp3) is 0.667. The van der Waals surface area contributed by atoms with Crippen molar-refractivity contribution in [2.75, 3.05) is 40.0 Å². The third kappa shape index (κ3) is 18.4. The molecule has 25 heteroatoms. The molecule has 94 heavy (non-hydrogen) atoms. The van der Waals surface area contributed by atoms with Crippen molar-refractivity contribution < 1.29 is 101 Å². The molecule has 0 aliphatic carbocycles. The van der Waals surface area contributed by atoms with Crippen LogP contribution < -0.4 is 14.8 Å². The van der Waals surface area contributed by atoms with Crippen LogP contribution >= 0.6 is 0 Å². The number of phenolic OH excluding ortho intramolecular Hbond substituents is 1. The fourth-order valence-corrected chi connectivity index (χ4v) is 15.6. The molecule has 10 atom stereocenters. The number of carbonyl (C=O) groups is 11. The molecule has 0 aromatic heterocycles. The summed E-state index contributed by atoms with van der Waals surface area (Å²) in [7, 11) is -3.41. The lowest BCUT2D eigenvalue weighted by molar-refractivity contribution is -0.168. The summed E-state index contributed by atoms with van der Waals surface area (Å²) in [5.41, 5.74) is -6.45. The standard InChI is InChI=1S/C69H101N3O21S/c1-18-22-28-70-55(75)50(43(58(78)79)35-69(15,16)53(62(85)91-21-4)45(60(82)83)36-66(9,10)49-39(6)61(84)93-64(49)87)67(11,12)34-42-51(57(77)72(56(42)76)30-23-19-2)68(13,14)37-44(59(80)81)52(65(7,8)20-3)63(86)92-31-29-71-94(88,89)48-32-41(46(73)33-47(48)90-17)54(74)40-26-24-38(5)25-27-40/h24-27,32-33,39,42-45,49-53,71,73H,18-23,28-31,34-37H2,1-17H3,(H,70,75)(H,78,79)(H,80,81)(H,82,83). The highest BCUT2D eigenvalue weighted by Crippen LogP contribution is 2.55. The molecule has 4 rings (SSSR count). The third-order valence-corrected chi connectivity index (χ3v) is 21.0. The molecule has 0 radical (unpaired) electrons. The Balaban J connectivity index is 1.78. The molecular weight excluding hydrogens is 1240 g/mol. The molecule has 3 amide bonds. The largest absolute Gasteiger partial charge is 0.507 e. The van der Waals surface area contributed by atoms with Gasteiger partial charge in [0.1, 0.15) is 23.0 Å². The minimum absolute atomic E-state index is 0.0331. The van der Waals surface area contributed by atoms with E-state index in [2.05, 4.69) is 10.0 Å². The number of sulfonamides is 1. The molecule has 2 aromatic rings. The number of nitrogens with one attached hydrogen (secondary N) is 2. The maximum Gasteiger partial charge on any atom is 0.318 e. The first-order chi connectivity index (χ1) is 43.5. The Bertz CT molecular complexity index is 3260. The second-order valence-corrected chi connectivity index (χ2v) is 30.6. The number of unbranched alkanes of at least 4 members (excludes halogenated alkanes) is 2. The molecule has 0 saturated carbocycles. The Morgan fingerprint density at radius 1 is 0.660 bits per heavy atom. The van der Waals surface area contributed by atoms with Gasteiger partial charge in [0, 0.05) is 31.3 Å². The second-order valence-electron chi connectivity index (χ2n) is 28.8. The van der Waals surface area contributed by atoms with E-state index in [0.29, 0.717) is 25.7 Å². The third-order valence-electron chi connectivity index (χ3n) is 19.5. The Labute approximate surface area is 552 Å². The van der Waals surface area contributed by atoms with Crippen LogP contribution in [0.15, 0.2) is 41.3 Å². The number of aromatic hydroxyl groups is 1. The fourth-order valence-electron chi connectivity index (χ4n) is 14.4. The van der Waals surface area contributed by atoms with Gasteiger partial charge in [0.2, 0.25) is 27.7 Å². The molecule has 2 saturated heterocycles. The van der Waals surface area contributed by atoms with Gasteiger partial charge in [-0.2, -0.15) is 0 Å². The molecule has 2 heterocycles. The zero-order chi connectivity index (χ0) is 71.6. The minimum atomic E-state index is -4.57. The summed E-state index contributed by atoms with van der Waals surface area (Å²) in [6.45, 7) is 24.7. The number of likely N-dealkylation sites (tertiary alicyclic amines) is 1. The van der Waals surface area contributed by atoms with E-state index in [9.17, 15) is 67.2 Å². The molecule has 2 aromatic carbocycles. The maximum absolute atomic E-state index is 15.1. The number of nitrogens with zero attached hydrogens (tertiary/aromatic N) is 1. The number of amides is 3. The number of phenols is 1. The van der Waals surface area contributed by atoms with E-state index in [1.807, 2.05) is 20.8 Å². The molecule has 2 aliphatic rings. The molecule has 2 fully saturated rings. The number of aliphatic carboxylic acids is 3. The Morgan fingerprint density at radius 2 is 1.18 bits per heavy atom. The van der Waals surface area contributed by atoms with Gasteiger partial charge in [0.25, 0.3) is 0 Å². The van der Waals surface area contributed by atoms with Crippen LogP contribution in [0.4, 0.5) is 0 Å². The van der Waals surface area contributed by atoms with E-state index in [1.165, 1.54) is 39.8 Å². The summed E-state index contributed by atoms with van der Waals surface area (Å²) in [4.78, 5) is 155. The van der Waals surface area contributed by atoms with Crippen LogP contribution in [-0.4, -0.2) is 139 Å². The lowest BCUT2D eigenvalue weighted by atomic mass is 9.57. The monoisotopic (exact) mass is 1340 g/mol. The van der Waals surface area contributed by atoms with Gasteiger partial charge in [0.15, 0.2) is 5.78 Å². The number of carboxylic acid groups (broad SMARTS) is 3. The van der Waals surface area contributed by atoms with Crippen LogP contribution in [-0.2, 0) is 72.2 Å². The molecule has 10 unspecified atom stereocenters. The SMILES string of the molecule is CCCCNC(=O)C(C(CC(C)(C)C(C(=O)OCC)C(CC(C)(C)C1C(=O)OC(=O)C1C)C(=O)O)C(=O)O)C(C)(C)CC1C(=O)N(CCCC)C(=O)C1C(C)(C)CC(C(=O)O)C(C(=O)OCCNS(=O)(=O)c1cc(C(=O)c2ccc(C)cc2)c(O)cc1OC)C(C)(C)CC. The van der Waals surface area contributed by atoms with E-state index in [0.717, 1.165) is 29.7 Å². The summed E-state index contributed by atoms with van der Waals surface area (Å²) in [5.74, 6) is -26.1. The predicted molar refractivity (Wildman–Crippen MR) is 344 cm³/mol. The zero-order valence-electron chi connectivity index (χ0n) is 57.7. The number of carbonyl (C=O) groups excluding carboxylic acids is 8. The van der Waals surface area contributed by atoms with Crippen LogP contribution in [0.3, 0.4) is 0 Å². The van der Waals surface area contributed by atoms with Crippen molar-refractivity contribution in [3.63, 3.8) is 0 Å². The summed E-state index contributed by atoms with van der Waals surface area (Å²) >= 11 is 0. The first kappa shape index (κ1) is 79.2. The van der Waals surface area contributed by atoms with Crippen LogP contribution in [0.5, 0.6) is 11.5 Å². The molecule has 2 aliphatic heterocycles. The van der Waals surface area contributed by atoms with E-state index < -0.39 is 198 Å². The van der Waals surface area contributed by atoms with Gasteiger partial charge < -0.3 is 44.7 Å². The molecule has 0 bridgehead atoms. The number of benzene rings is 2. The predicted octanol–water partition coefficient (Wildman–Crippen LogP) is 9.03. The lowest BCUT2D eigenvalue weighted by Crippen LogP contribution is -2.51. The number of carboxylic acids is 3. The van der Waals surface area contributed by atoms with Crippen molar-refractivity contribution in [3.05, 3.63) is 53.1 Å². The van der Waals surface area contributed by atoms with E-state index in [-0.39, 0.29) is 55.8 Å². The molecular formula is C69H101N3O21S. The molecule has 0 spiro atoms. The molecule has 24 nitrogen and oxygen atoms in total. The number of ketones is 1. The summed E-state index contributed by atoms with van der Waals surface area (Å²) < 4.78 is 51.5. The van der Waals surface area contributed by atoms with Crippen molar-refractivity contribution in [1.82, 2.24) is 14.9 Å². The van der Waals surface area contributed by atoms with Crippen LogP contribution in [0.25, 0.3) is 0 Å². The quantitative estimate of drug-likeness (QED) is 0.00911. The topological polar surface area (TPSA) is 367 Å². The van der Waals surface area contributed by atoms with Crippen LogP contribution in [0, 0.1) is 93.2 Å². The van der Waals surface area contributed by atoms with Crippen molar-refractivity contribution in [3.8, 4) is 11.5 Å². The number of ether oxygens (including phenoxy) is 4. The van der Waals surface area contributed by atoms with Gasteiger partial charge in [-0.3, -0.25) is 57.6 Å². The van der Waals surface area contributed by atoms with E-state index >= 15 is 14.4 Å². The first-order valence-corrected chi connectivity index (χ1v) is 33.9. The summed E-state index contributed by atoms with van der Waals surface area (Å²) in [6.07, 6.45) is 0.556. The van der Waals surface area contributed by atoms with Crippen LogP contribution in [0.2, 0.25) is 0 Å². The Morgan fingerprint density at radius 3 is 1.67 bits per heavy atom. The van der Waals surface area contributed by atoms with Gasteiger partial charge in [-0.15, -0.1) is 0 Å². The lowest BCUT2D eigenvalue weighted by Gasteiger charge is -2.45. The molecule has 524 valence electrons. The average Bonchev–Trinajstić information content (AvgIpc) is 1.50. The smallest absolute Gasteiger partial charge is 0.318 e. The number of imide groups is 1. The number of rotatable bonds is 38. The highest BCUT2D eigenvalue weighted by atomic mass is 32.2. The normalized spacial score (nSPS) is 19.4. The van der Waals surface area contributed by atoms with E-state index in [1.54, 1.807) is 74.4 Å². The van der Waals surface area contributed by atoms with Gasteiger partial charge in [-0.1, -0.05) is 146 Å². The first-order valence-electron chi connectivity index (χ1n) is 32.4. The maximum atomic E-state index is 15.1. The average molecular weight is 1340 g/mol. The number of hydrogen-bond donors (Lipinski definition) is 6.